The van der Waals surface area contributed by atoms with E-state index in [1.165, 1.54) is 25.5 Å². The summed E-state index contributed by atoms with van der Waals surface area (Å²) in [6, 6.07) is 25.9. The molecule has 7 nitrogen and oxygen atoms in total. The molecule has 0 amide bonds. The lowest BCUT2D eigenvalue weighted by Gasteiger charge is -2.23. The molecule has 0 fully saturated rings. The predicted molar refractivity (Wildman–Crippen MR) is 137 cm³/mol. The highest BCUT2D eigenvalue weighted by atomic mass is 32.2. The van der Waals surface area contributed by atoms with Crippen molar-refractivity contribution >= 4 is 21.7 Å². The molecule has 0 saturated carbocycles. The summed E-state index contributed by atoms with van der Waals surface area (Å²) in [4.78, 5) is 18.0. The lowest BCUT2D eigenvalue weighted by Crippen LogP contribution is -2.40. The zero-order valence-corrected chi connectivity index (χ0v) is 20.7. The molecule has 1 heterocycles. The molecule has 4 aromatic rings. The molecule has 0 bridgehead atoms. The van der Waals surface area contributed by atoms with Crippen molar-refractivity contribution in [3.63, 3.8) is 0 Å². The van der Waals surface area contributed by atoms with Gasteiger partial charge in [0, 0.05) is 11.1 Å². The van der Waals surface area contributed by atoms with Crippen LogP contribution in [-0.4, -0.2) is 33.3 Å². The number of aliphatic imine (C=N–C) groups is 1. The van der Waals surface area contributed by atoms with Crippen LogP contribution in [0.4, 0.5) is 0 Å². The summed E-state index contributed by atoms with van der Waals surface area (Å²) in [6.45, 7) is 1.87. The Morgan fingerprint density at radius 2 is 1.44 bits per heavy atom. The fourth-order valence-corrected chi connectivity index (χ4v) is 4.94. The fraction of sp³-hybridized carbons (Fsp3) is 0.143. The Bertz CT molecular complexity index is 1380. The summed E-state index contributed by atoms with van der Waals surface area (Å²) in [5, 5.41) is 0. The van der Waals surface area contributed by atoms with E-state index in [1.54, 1.807) is 24.3 Å². The average molecular weight is 503 g/mol. The molecule has 4 rings (SSSR count). The van der Waals surface area contributed by atoms with Gasteiger partial charge in [-0.2, -0.15) is 4.72 Å². The SMILES string of the molecule is COC(=O)[C@@H](N=C(c1ccccc1)c1ccccc1)[C@H](NS(=O)(=O)c1ccc(C)cc1)c1ccco1. The zero-order valence-electron chi connectivity index (χ0n) is 19.9. The Morgan fingerprint density at radius 1 is 0.861 bits per heavy atom. The molecule has 0 spiro atoms. The van der Waals surface area contributed by atoms with Crippen molar-refractivity contribution in [2.24, 2.45) is 4.99 Å². The number of nitrogens with one attached hydrogen (secondary N) is 1. The number of benzene rings is 3. The minimum atomic E-state index is -4.04. The first kappa shape index (κ1) is 25.1. The Morgan fingerprint density at radius 3 is 1.94 bits per heavy atom. The Labute approximate surface area is 210 Å². The third kappa shape index (κ3) is 5.79. The number of rotatable bonds is 9. The van der Waals surface area contributed by atoms with Gasteiger partial charge in [0.05, 0.1) is 24.0 Å². The van der Waals surface area contributed by atoms with Crippen molar-refractivity contribution in [1.29, 1.82) is 0 Å². The second kappa shape index (κ2) is 11.2. The fourth-order valence-electron chi connectivity index (χ4n) is 3.73. The quantitative estimate of drug-likeness (QED) is 0.265. The molecule has 8 heteroatoms. The van der Waals surface area contributed by atoms with Crippen LogP contribution >= 0.6 is 0 Å². The molecule has 36 heavy (non-hydrogen) atoms. The Hall–Kier alpha value is -4.01. The number of ether oxygens (including phenoxy) is 1. The maximum absolute atomic E-state index is 13.3. The third-order valence-corrected chi connectivity index (χ3v) is 7.04. The largest absolute Gasteiger partial charge is 0.468 e. The van der Waals surface area contributed by atoms with Crippen LogP contribution in [0.5, 0.6) is 0 Å². The van der Waals surface area contributed by atoms with E-state index in [0.29, 0.717) is 5.71 Å². The molecule has 0 aliphatic carbocycles. The Kier molecular flexibility index (Phi) is 7.77. The van der Waals surface area contributed by atoms with Crippen LogP contribution in [0.15, 0.2) is 118 Å². The molecule has 0 aliphatic rings. The number of sulfonamides is 1. The summed E-state index contributed by atoms with van der Waals surface area (Å²) in [6.07, 6.45) is 1.41. The Balaban J connectivity index is 1.85. The van der Waals surface area contributed by atoms with Crippen molar-refractivity contribution in [1.82, 2.24) is 4.72 Å². The number of aryl methyl sites for hydroxylation is 1. The molecule has 1 N–H and O–H groups in total. The highest BCUT2D eigenvalue weighted by molar-refractivity contribution is 7.89. The molecular weight excluding hydrogens is 476 g/mol. The standard InChI is InChI=1S/C28H26N2O5S/c1-20-15-17-23(18-16-20)36(32,33)30-26(24-14-9-19-35-24)27(28(31)34-2)29-25(21-10-5-3-6-11-21)22-12-7-4-8-13-22/h3-19,26-27,30H,1-2H3/t26-,27+/m1/s1. The number of esters is 1. The summed E-state index contributed by atoms with van der Waals surface area (Å²) in [5.74, 6) is -0.488. The monoisotopic (exact) mass is 502 g/mol. The number of carbonyl (C=O) groups is 1. The molecule has 3 aromatic carbocycles. The minimum absolute atomic E-state index is 0.0589. The van der Waals surface area contributed by atoms with E-state index >= 15 is 0 Å². The second-order valence-corrected chi connectivity index (χ2v) is 9.82. The number of furan rings is 1. The lowest BCUT2D eigenvalue weighted by molar-refractivity contribution is -0.142. The molecule has 2 atom stereocenters. The topological polar surface area (TPSA) is 98.0 Å². The van der Waals surface area contributed by atoms with Crippen LogP contribution in [0.1, 0.15) is 28.5 Å². The third-order valence-electron chi connectivity index (χ3n) is 5.58. The van der Waals surface area contributed by atoms with E-state index in [4.69, 9.17) is 14.1 Å². The molecule has 1 aromatic heterocycles. The maximum Gasteiger partial charge on any atom is 0.332 e. The van der Waals surface area contributed by atoms with Crippen molar-refractivity contribution in [3.05, 3.63) is 126 Å². The normalized spacial score (nSPS) is 12.9. The summed E-state index contributed by atoms with van der Waals surface area (Å²) >= 11 is 0. The average Bonchev–Trinajstić information content (AvgIpc) is 3.44. The zero-order chi connectivity index (χ0) is 25.5. The molecule has 0 saturated heterocycles. The van der Waals surface area contributed by atoms with Crippen LogP contribution in [0, 0.1) is 6.92 Å². The number of nitrogens with zero attached hydrogens (tertiary/aromatic N) is 1. The van der Waals surface area contributed by atoms with Gasteiger partial charge in [-0.25, -0.2) is 13.2 Å². The number of hydrogen-bond acceptors (Lipinski definition) is 6. The van der Waals surface area contributed by atoms with Gasteiger partial charge in [0.15, 0.2) is 6.04 Å². The van der Waals surface area contributed by atoms with Crippen LogP contribution in [0.25, 0.3) is 0 Å². The molecule has 184 valence electrons. The van der Waals surface area contributed by atoms with Gasteiger partial charge in [0.1, 0.15) is 11.8 Å². The molecule has 0 aliphatic heterocycles. The first-order valence-electron chi connectivity index (χ1n) is 11.3. The first-order chi connectivity index (χ1) is 17.4. The van der Waals surface area contributed by atoms with Gasteiger partial charge in [-0.05, 0) is 31.2 Å². The number of methoxy groups -OCH3 is 1. The van der Waals surface area contributed by atoms with Crippen molar-refractivity contribution in [3.8, 4) is 0 Å². The number of hydrogen-bond donors (Lipinski definition) is 1. The van der Waals surface area contributed by atoms with Gasteiger partial charge < -0.3 is 9.15 Å². The smallest absolute Gasteiger partial charge is 0.332 e. The molecule has 0 radical (unpaired) electrons. The van der Waals surface area contributed by atoms with Gasteiger partial charge in [0.2, 0.25) is 10.0 Å². The van der Waals surface area contributed by atoms with Gasteiger partial charge in [-0.3, -0.25) is 4.99 Å². The second-order valence-electron chi connectivity index (χ2n) is 8.11. The van der Waals surface area contributed by atoms with Crippen LogP contribution in [0.2, 0.25) is 0 Å². The summed E-state index contributed by atoms with van der Waals surface area (Å²) in [7, 11) is -2.80. The van der Waals surface area contributed by atoms with Crippen LogP contribution in [0.3, 0.4) is 0 Å². The maximum atomic E-state index is 13.3. The molecule has 0 unspecified atom stereocenters. The van der Waals surface area contributed by atoms with Crippen molar-refractivity contribution < 1.29 is 22.4 Å². The highest BCUT2D eigenvalue weighted by Gasteiger charge is 2.36. The van der Waals surface area contributed by atoms with Crippen LogP contribution in [-0.2, 0) is 19.6 Å². The summed E-state index contributed by atoms with van der Waals surface area (Å²) < 4.78 is 39.9. The van der Waals surface area contributed by atoms with Gasteiger partial charge in [-0.1, -0.05) is 78.4 Å². The first-order valence-corrected chi connectivity index (χ1v) is 12.8. The van der Waals surface area contributed by atoms with E-state index < -0.39 is 28.1 Å². The lowest BCUT2D eigenvalue weighted by atomic mass is 10.0. The van der Waals surface area contributed by atoms with E-state index in [1.807, 2.05) is 67.6 Å². The van der Waals surface area contributed by atoms with E-state index in [0.717, 1.165) is 16.7 Å². The van der Waals surface area contributed by atoms with Crippen molar-refractivity contribution in [2.75, 3.05) is 7.11 Å². The van der Waals surface area contributed by atoms with Gasteiger partial charge >= 0.3 is 5.97 Å². The van der Waals surface area contributed by atoms with Crippen molar-refractivity contribution in [2.45, 2.75) is 23.9 Å². The van der Waals surface area contributed by atoms with Gasteiger partial charge in [-0.15, -0.1) is 0 Å². The van der Waals surface area contributed by atoms with E-state index in [-0.39, 0.29) is 10.7 Å². The van der Waals surface area contributed by atoms with Crippen LogP contribution < -0.4 is 4.72 Å². The minimum Gasteiger partial charge on any atom is -0.468 e. The molecular formula is C28H26N2O5S. The predicted octanol–water partition coefficient (Wildman–Crippen LogP) is 4.69. The van der Waals surface area contributed by atoms with E-state index in [2.05, 4.69) is 4.72 Å². The van der Waals surface area contributed by atoms with E-state index in [9.17, 15) is 13.2 Å². The number of carbonyl (C=O) groups excluding carboxylic acids is 1. The highest BCUT2D eigenvalue weighted by Crippen LogP contribution is 2.26. The van der Waals surface area contributed by atoms with Gasteiger partial charge in [0.25, 0.3) is 0 Å². The summed E-state index contributed by atoms with van der Waals surface area (Å²) in [5.41, 5.74) is 2.95.